The second-order valence-corrected chi connectivity index (χ2v) is 7.72. The number of imidazole rings is 1. The van der Waals surface area contributed by atoms with E-state index in [-0.39, 0.29) is 11.2 Å². The Morgan fingerprint density at radius 3 is 2.59 bits per heavy atom. The van der Waals surface area contributed by atoms with Crippen molar-refractivity contribution >= 4 is 39.5 Å². The molecule has 0 fully saturated rings. The zero-order valence-electron chi connectivity index (χ0n) is 16.1. The first-order valence-electron chi connectivity index (χ1n) is 9.32. The van der Waals surface area contributed by atoms with Gasteiger partial charge in [0.25, 0.3) is 0 Å². The average Bonchev–Trinajstić information content (AvgIpc) is 3.13. The van der Waals surface area contributed by atoms with Gasteiger partial charge in [-0.05, 0) is 30.7 Å². The Balaban J connectivity index is 1.98. The number of esters is 1. The molecule has 0 saturated heterocycles. The SMILES string of the molecule is CCC(Sc1nc2ccccc2n1-c1ccc(C#N)c2ccccc12)C(=O)OC. The van der Waals surface area contributed by atoms with Gasteiger partial charge in [0.15, 0.2) is 5.16 Å². The van der Waals surface area contributed by atoms with Gasteiger partial charge in [-0.25, -0.2) is 4.98 Å². The molecule has 0 bridgehead atoms. The van der Waals surface area contributed by atoms with Crippen LogP contribution >= 0.6 is 11.8 Å². The van der Waals surface area contributed by atoms with Gasteiger partial charge in [0.1, 0.15) is 5.25 Å². The summed E-state index contributed by atoms with van der Waals surface area (Å²) in [6, 6.07) is 21.8. The molecule has 29 heavy (non-hydrogen) atoms. The van der Waals surface area contributed by atoms with Crippen molar-refractivity contribution in [3.63, 3.8) is 0 Å². The van der Waals surface area contributed by atoms with Gasteiger partial charge in [-0.3, -0.25) is 9.36 Å². The van der Waals surface area contributed by atoms with Gasteiger partial charge >= 0.3 is 5.97 Å². The summed E-state index contributed by atoms with van der Waals surface area (Å²) in [5.41, 5.74) is 3.35. The molecular formula is C23H19N3O2S. The van der Waals surface area contributed by atoms with Crippen molar-refractivity contribution < 1.29 is 9.53 Å². The van der Waals surface area contributed by atoms with E-state index in [2.05, 4.69) is 10.6 Å². The van der Waals surface area contributed by atoms with Crippen LogP contribution in [-0.2, 0) is 9.53 Å². The number of hydrogen-bond acceptors (Lipinski definition) is 5. The highest BCUT2D eigenvalue weighted by atomic mass is 32.2. The minimum atomic E-state index is -0.347. The van der Waals surface area contributed by atoms with E-state index in [0.29, 0.717) is 12.0 Å². The number of carbonyl (C=O) groups excluding carboxylic acids is 1. The van der Waals surface area contributed by atoms with Gasteiger partial charge in [-0.1, -0.05) is 55.1 Å². The maximum absolute atomic E-state index is 12.2. The molecule has 144 valence electrons. The lowest BCUT2D eigenvalue weighted by Gasteiger charge is -2.15. The van der Waals surface area contributed by atoms with Crippen LogP contribution in [0.5, 0.6) is 0 Å². The largest absolute Gasteiger partial charge is 0.468 e. The van der Waals surface area contributed by atoms with Gasteiger partial charge in [0.05, 0.1) is 35.5 Å². The first kappa shape index (κ1) is 19.0. The Hall–Kier alpha value is -3.30. The fourth-order valence-electron chi connectivity index (χ4n) is 3.45. The third kappa shape index (κ3) is 3.34. The van der Waals surface area contributed by atoms with Crippen LogP contribution in [0.1, 0.15) is 18.9 Å². The Morgan fingerprint density at radius 2 is 1.86 bits per heavy atom. The first-order valence-corrected chi connectivity index (χ1v) is 10.2. The third-order valence-corrected chi connectivity index (χ3v) is 6.17. The number of methoxy groups -OCH3 is 1. The average molecular weight is 401 g/mol. The highest BCUT2D eigenvalue weighted by Gasteiger charge is 2.24. The molecule has 4 aromatic rings. The fourth-order valence-corrected chi connectivity index (χ4v) is 4.51. The Bertz CT molecular complexity index is 1260. The van der Waals surface area contributed by atoms with Crippen molar-refractivity contribution in [3.8, 4) is 11.8 Å². The van der Waals surface area contributed by atoms with E-state index < -0.39 is 0 Å². The van der Waals surface area contributed by atoms with Gasteiger partial charge in [0, 0.05) is 10.8 Å². The topological polar surface area (TPSA) is 67.9 Å². The standard InChI is InChI=1S/C23H19N3O2S/c1-3-21(22(27)28-2)29-23-25-18-10-6-7-11-20(18)26(23)19-13-12-15(14-24)16-8-4-5-9-17(16)19/h4-13,21H,3H2,1-2H3. The van der Waals surface area contributed by atoms with E-state index in [4.69, 9.17) is 9.72 Å². The maximum atomic E-state index is 12.2. The Labute approximate surface area is 172 Å². The number of carbonyl (C=O) groups is 1. The lowest BCUT2D eigenvalue weighted by molar-refractivity contribution is -0.140. The molecule has 0 saturated carbocycles. The number of fused-ring (bicyclic) bond motifs is 2. The molecule has 0 N–H and O–H groups in total. The lowest BCUT2D eigenvalue weighted by Crippen LogP contribution is -2.18. The maximum Gasteiger partial charge on any atom is 0.319 e. The number of rotatable bonds is 5. The molecule has 5 nitrogen and oxygen atoms in total. The van der Waals surface area contributed by atoms with Crippen molar-refractivity contribution in [1.29, 1.82) is 5.26 Å². The van der Waals surface area contributed by atoms with Crippen molar-refractivity contribution in [2.75, 3.05) is 7.11 Å². The zero-order valence-corrected chi connectivity index (χ0v) is 16.9. The summed E-state index contributed by atoms with van der Waals surface area (Å²) in [6.45, 7) is 1.96. The van der Waals surface area contributed by atoms with Crippen molar-refractivity contribution in [2.24, 2.45) is 0 Å². The van der Waals surface area contributed by atoms with Crippen molar-refractivity contribution in [2.45, 2.75) is 23.8 Å². The molecule has 1 unspecified atom stereocenters. The summed E-state index contributed by atoms with van der Waals surface area (Å²) < 4.78 is 7.03. The summed E-state index contributed by atoms with van der Waals surface area (Å²) >= 11 is 1.40. The van der Waals surface area contributed by atoms with Crippen molar-refractivity contribution in [1.82, 2.24) is 9.55 Å². The molecule has 0 radical (unpaired) electrons. The second-order valence-electron chi connectivity index (χ2n) is 6.55. The normalized spacial score (nSPS) is 12.0. The number of para-hydroxylation sites is 2. The van der Waals surface area contributed by atoms with E-state index >= 15 is 0 Å². The summed E-state index contributed by atoms with van der Waals surface area (Å²) in [5, 5.41) is 11.7. The van der Waals surface area contributed by atoms with E-state index in [1.54, 1.807) is 0 Å². The molecule has 1 heterocycles. The number of thioether (sulfide) groups is 1. The monoisotopic (exact) mass is 401 g/mol. The lowest BCUT2D eigenvalue weighted by atomic mass is 10.0. The van der Waals surface area contributed by atoms with Gasteiger partial charge in [-0.2, -0.15) is 5.26 Å². The first-order chi connectivity index (χ1) is 14.2. The van der Waals surface area contributed by atoms with Gasteiger partial charge in [0.2, 0.25) is 0 Å². The molecule has 0 amide bonds. The molecule has 6 heteroatoms. The van der Waals surface area contributed by atoms with Gasteiger partial charge in [-0.15, -0.1) is 0 Å². The second kappa shape index (κ2) is 7.98. The Kier molecular flexibility index (Phi) is 5.24. The number of nitriles is 1. The van der Waals surface area contributed by atoms with Crippen LogP contribution < -0.4 is 0 Å². The molecular weight excluding hydrogens is 382 g/mol. The van der Waals surface area contributed by atoms with Crippen LogP contribution in [-0.4, -0.2) is 27.9 Å². The number of aromatic nitrogens is 2. The van der Waals surface area contributed by atoms with Crippen molar-refractivity contribution in [3.05, 3.63) is 66.2 Å². The molecule has 1 aromatic heterocycles. The quantitative estimate of drug-likeness (QED) is 0.344. The van der Waals surface area contributed by atoms with E-state index in [1.807, 2.05) is 67.6 Å². The molecule has 0 spiro atoms. The van der Waals surface area contributed by atoms with Crippen LogP contribution in [0.25, 0.3) is 27.5 Å². The number of hydrogen-bond donors (Lipinski definition) is 0. The molecule has 0 aliphatic carbocycles. The van der Waals surface area contributed by atoms with Crippen LogP contribution in [0.2, 0.25) is 0 Å². The highest BCUT2D eigenvalue weighted by Crippen LogP contribution is 2.35. The molecule has 0 aliphatic rings. The number of nitrogens with zero attached hydrogens (tertiary/aromatic N) is 3. The minimum absolute atomic E-state index is 0.263. The summed E-state index contributed by atoms with van der Waals surface area (Å²) in [5.74, 6) is -0.263. The molecule has 1 atom stereocenters. The summed E-state index contributed by atoms with van der Waals surface area (Å²) in [6.07, 6.45) is 0.634. The number of benzene rings is 3. The van der Waals surface area contributed by atoms with E-state index in [1.165, 1.54) is 18.9 Å². The summed E-state index contributed by atoms with van der Waals surface area (Å²) in [7, 11) is 1.41. The number of ether oxygens (including phenoxy) is 1. The smallest absolute Gasteiger partial charge is 0.319 e. The zero-order chi connectivity index (χ0) is 20.4. The van der Waals surface area contributed by atoms with Crippen LogP contribution in [0.4, 0.5) is 0 Å². The molecule has 0 aliphatic heterocycles. The Morgan fingerprint density at radius 1 is 1.14 bits per heavy atom. The summed E-state index contributed by atoms with van der Waals surface area (Å²) in [4.78, 5) is 17.0. The fraction of sp³-hybridized carbons (Fsp3) is 0.174. The van der Waals surface area contributed by atoms with E-state index in [9.17, 15) is 10.1 Å². The van der Waals surface area contributed by atoms with E-state index in [0.717, 1.165) is 32.6 Å². The predicted octanol–water partition coefficient (Wildman–Crippen LogP) is 5.09. The van der Waals surface area contributed by atoms with Crippen LogP contribution in [0, 0.1) is 11.3 Å². The predicted molar refractivity (Wildman–Crippen MR) is 115 cm³/mol. The van der Waals surface area contributed by atoms with Gasteiger partial charge < -0.3 is 4.74 Å². The highest BCUT2D eigenvalue weighted by molar-refractivity contribution is 8.00. The third-order valence-electron chi connectivity index (χ3n) is 4.87. The molecule has 4 rings (SSSR count). The molecule has 3 aromatic carbocycles. The van der Waals surface area contributed by atoms with Crippen LogP contribution in [0.3, 0.4) is 0 Å². The minimum Gasteiger partial charge on any atom is -0.468 e. The van der Waals surface area contributed by atoms with Crippen LogP contribution in [0.15, 0.2) is 65.8 Å².